The lowest BCUT2D eigenvalue weighted by atomic mass is 10.1. The third-order valence-electron chi connectivity index (χ3n) is 4.49. The zero-order chi connectivity index (χ0) is 16.8. The van der Waals surface area contributed by atoms with E-state index in [1.807, 2.05) is 6.92 Å². The average Bonchev–Trinajstić information content (AvgIpc) is 3.16. The third-order valence-corrected chi connectivity index (χ3v) is 7.05. The summed E-state index contributed by atoms with van der Waals surface area (Å²) < 4.78 is 25.8. The molecule has 0 unspecified atom stereocenters. The van der Waals surface area contributed by atoms with Crippen LogP contribution in [0.5, 0.6) is 0 Å². The summed E-state index contributed by atoms with van der Waals surface area (Å²) in [4.78, 5) is 0.229. The van der Waals surface area contributed by atoms with Gasteiger partial charge in [0.05, 0.1) is 22.3 Å². The lowest BCUT2D eigenvalue weighted by Gasteiger charge is -2.08. The molecule has 0 radical (unpaired) electrons. The molecule has 0 saturated heterocycles. The quantitative estimate of drug-likeness (QED) is 0.885. The summed E-state index contributed by atoms with van der Waals surface area (Å²) in [5, 5.41) is 9.39. The highest BCUT2D eigenvalue weighted by atomic mass is 35.5. The summed E-state index contributed by atoms with van der Waals surface area (Å²) >= 11 is 5.88. The number of halogens is 1. The second-order valence-electron chi connectivity index (χ2n) is 6.08. The van der Waals surface area contributed by atoms with Crippen LogP contribution in [0.25, 0.3) is 0 Å². The lowest BCUT2D eigenvalue weighted by molar-refractivity contribution is 0.253. The Hall–Kier alpha value is -1.40. The smallest absolute Gasteiger partial charge is 0.183 e. The van der Waals surface area contributed by atoms with Gasteiger partial charge in [0.15, 0.2) is 9.84 Å². The van der Waals surface area contributed by atoms with Crippen LogP contribution < -0.4 is 5.73 Å². The van der Waals surface area contributed by atoms with Crippen LogP contribution in [-0.4, -0.2) is 30.9 Å². The molecular formula is C17H18ClNO3S. The largest absolute Gasteiger partial charge is 0.394 e. The van der Waals surface area contributed by atoms with Crippen molar-refractivity contribution in [2.75, 3.05) is 6.61 Å². The summed E-state index contributed by atoms with van der Waals surface area (Å²) in [5.74, 6) is -0.448. The van der Waals surface area contributed by atoms with E-state index in [4.69, 9.17) is 17.3 Å². The fraction of sp³-hybridized carbons (Fsp3) is 0.294. The first-order valence-corrected chi connectivity index (χ1v) is 9.19. The first-order chi connectivity index (χ1) is 10.8. The van der Waals surface area contributed by atoms with Gasteiger partial charge in [-0.3, -0.25) is 0 Å². The van der Waals surface area contributed by atoms with E-state index in [1.54, 1.807) is 48.5 Å². The van der Waals surface area contributed by atoms with Crippen molar-refractivity contribution < 1.29 is 13.5 Å². The molecule has 1 aliphatic rings. The molecule has 3 atom stereocenters. The Morgan fingerprint density at radius 2 is 1.70 bits per heavy atom. The van der Waals surface area contributed by atoms with E-state index in [9.17, 15) is 13.5 Å². The molecule has 0 amide bonds. The highest BCUT2D eigenvalue weighted by Gasteiger charge is 2.69. The molecule has 0 bridgehead atoms. The highest BCUT2D eigenvalue weighted by Crippen LogP contribution is 2.55. The molecule has 1 fully saturated rings. The summed E-state index contributed by atoms with van der Waals surface area (Å²) in [6.07, 6.45) is 0. The van der Waals surface area contributed by atoms with Gasteiger partial charge in [0.1, 0.15) is 0 Å². The fourth-order valence-electron chi connectivity index (χ4n) is 3.11. The van der Waals surface area contributed by atoms with Crippen molar-refractivity contribution in [1.29, 1.82) is 0 Å². The topological polar surface area (TPSA) is 80.4 Å². The SMILES string of the molecule is Cc1ccc(S(=O)(=O)[C@@H]2[C@@H](c3ccc(Cl)cc3)[C@]2(N)CO)cc1. The van der Waals surface area contributed by atoms with Crippen molar-refractivity contribution in [1.82, 2.24) is 0 Å². The van der Waals surface area contributed by atoms with Crippen molar-refractivity contribution in [3.63, 3.8) is 0 Å². The Labute approximate surface area is 140 Å². The van der Waals surface area contributed by atoms with Crippen molar-refractivity contribution >= 4 is 21.4 Å². The van der Waals surface area contributed by atoms with E-state index in [0.29, 0.717) is 5.02 Å². The van der Waals surface area contributed by atoms with Gasteiger partial charge < -0.3 is 10.8 Å². The molecule has 0 aliphatic heterocycles. The molecule has 122 valence electrons. The van der Waals surface area contributed by atoms with Gasteiger partial charge in [-0.15, -0.1) is 0 Å². The zero-order valence-electron chi connectivity index (χ0n) is 12.6. The molecule has 0 spiro atoms. The highest BCUT2D eigenvalue weighted by molar-refractivity contribution is 7.92. The van der Waals surface area contributed by atoms with Crippen LogP contribution in [0, 0.1) is 6.92 Å². The third kappa shape index (κ3) is 2.68. The van der Waals surface area contributed by atoms with Gasteiger partial charge in [-0.05, 0) is 36.8 Å². The average molecular weight is 352 g/mol. The minimum Gasteiger partial charge on any atom is -0.394 e. The second kappa shape index (κ2) is 5.60. The Morgan fingerprint density at radius 3 is 2.22 bits per heavy atom. The Morgan fingerprint density at radius 1 is 1.13 bits per heavy atom. The van der Waals surface area contributed by atoms with Crippen LogP contribution in [0.3, 0.4) is 0 Å². The van der Waals surface area contributed by atoms with E-state index in [-0.39, 0.29) is 4.90 Å². The van der Waals surface area contributed by atoms with Gasteiger partial charge in [0.2, 0.25) is 0 Å². The predicted molar refractivity (Wildman–Crippen MR) is 90.4 cm³/mol. The second-order valence-corrected chi connectivity index (χ2v) is 8.58. The van der Waals surface area contributed by atoms with E-state index in [0.717, 1.165) is 11.1 Å². The van der Waals surface area contributed by atoms with E-state index >= 15 is 0 Å². The van der Waals surface area contributed by atoms with Crippen LogP contribution in [0.4, 0.5) is 0 Å². The van der Waals surface area contributed by atoms with E-state index < -0.39 is 33.2 Å². The molecule has 0 aromatic heterocycles. The minimum absolute atomic E-state index is 0.229. The van der Waals surface area contributed by atoms with Crippen LogP contribution >= 0.6 is 11.6 Å². The van der Waals surface area contributed by atoms with E-state index in [2.05, 4.69) is 0 Å². The summed E-state index contributed by atoms with van der Waals surface area (Å²) in [6.45, 7) is 1.50. The number of aliphatic hydroxyl groups is 1. The molecular weight excluding hydrogens is 334 g/mol. The maximum atomic E-state index is 12.9. The van der Waals surface area contributed by atoms with E-state index in [1.165, 1.54) is 0 Å². The minimum atomic E-state index is -3.63. The number of aliphatic hydroxyl groups excluding tert-OH is 1. The molecule has 3 rings (SSSR count). The first-order valence-electron chi connectivity index (χ1n) is 7.26. The molecule has 1 aliphatic carbocycles. The maximum absolute atomic E-state index is 12.9. The van der Waals surface area contributed by atoms with Gasteiger partial charge in [-0.2, -0.15) is 0 Å². The Kier molecular flexibility index (Phi) is 4.01. The molecule has 4 nitrogen and oxygen atoms in total. The van der Waals surface area contributed by atoms with Crippen molar-refractivity contribution in [3.8, 4) is 0 Å². The summed E-state index contributed by atoms with van der Waals surface area (Å²) in [7, 11) is -3.63. The molecule has 23 heavy (non-hydrogen) atoms. The van der Waals surface area contributed by atoms with Crippen LogP contribution in [0.15, 0.2) is 53.4 Å². The van der Waals surface area contributed by atoms with Crippen LogP contribution in [0.2, 0.25) is 5.02 Å². The number of sulfone groups is 1. The number of hydrogen-bond acceptors (Lipinski definition) is 4. The van der Waals surface area contributed by atoms with Crippen LogP contribution in [0.1, 0.15) is 17.0 Å². The Balaban J connectivity index is 2.01. The Bertz CT molecular complexity index is 818. The standard InChI is InChI=1S/C17H18ClNO3S/c1-11-2-8-14(9-3-11)23(21,22)16-15(17(16,19)10-20)12-4-6-13(18)7-5-12/h2-9,15-16,20H,10,19H2,1H3/t15-,16-,17-/m1/s1. The van der Waals surface area contributed by atoms with Crippen molar-refractivity contribution in [3.05, 3.63) is 64.7 Å². The summed E-state index contributed by atoms with van der Waals surface area (Å²) in [5.41, 5.74) is 6.78. The number of benzene rings is 2. The summed E-state index contributed by atoms with van der Waals surface area (Å²) in [6, 6.07) is 13.6. The normalized spacial score (nSPS) is 27.0. The number of hydrogen-bond donors (Lipinski definition) is 2. The van der Waals surface area contributed by atoms with Gasteiger partial charge in [-0.25, -0.2) is 8.42 Å². The number of aryl methyl sites for hydroxylation is 1. The molecule has 1 saturated carbocycles. The molecule has 3 N–H and O–H groups in total. The van der Waals surface area contributed by atoms with Gasteiger partial charge in [0.25, 0.3) is 0 Å². The van der Waals surface area contributed by atoms with Crippen LogP contribution in [-0.2, 0) is 9.84 Å². The molecule has 6 heteroatoms. The zero-order valence-corrected chi connectivity index (χ0v) is 14.2. The predicted octanol–water partition coefficient (Wildman–Crippen LogP) is 2.28. The number of rotatable bonds is 4. The van der Waals surface area contributed by atoms with Gasteiger partial charge in [0, 0.05) is 10.9 Å². The first kappa shape index (κ1) is 16.5. The molecule has 2 aromatic carbocycles. The van der Waals surface area contributed by atoms with Gasteiger partial charge >= 0.3 is 0 Å². The lowest BCUT2D eigenvalue weighted by Crippen LogP contribution is -2.35. The molecule has 2 aromatic rings. The maximum Gasteiger partial charge on any atom is 0.183 e. The fourth-order valence-corrected chi connectivity index (χ4v) is 5.53. The monoisotopic (exact) mass is 351 g/mol. The number of nitrogens with two attached hydrogens (primary N) is 1. The van der Waals surface area contributed by atoms with Crippen molar-refractivity contribution in [2.45, 2.75) is 28.5 Å². The molecule has 0 heterocycles. The van der Waals surface area contributed by atoms with Crippen molar-refractivity contribution in [2.24, 2.45) is 5.73 Å². The van der Waals surface area contributed by atoms with Gasteiger partial charge in [-0.1, -0.05) is 41.4 Å².